The minimum atomic E-state index is -0.0781. The number of hydrogen-bond acceptors (Lipinski definition) is 4. The van der Waals surface area contributed by atoms with Crippen molar-refractivity contribution in [3.8, 4) is 28.4 Å². The van der Waals surface area contributed by atoms with E-state index in [0.29, 0.717) is 28.5 Å². The Morgan fingerprint density at radius 1 is 1.05 bits per heavy atom. The molecule has 6 heteroatoms. The molecule has 0 saturated carbocycles. The van der Waals surface area contributed by atoms with Crippen molar-refractivity contribution >= 4 is 11.6 Å². The van der Waals surface area contributed by atoms with Crippen LogP contribution in [0, 0.1) is 12.5 Å². The molecule has 37 heavy (non-hydrogen) atoms. The van der Waals surface area contributed by atoms with E-state index in [9.17, 15) is 9.90 Å². The van der Waals surface area contributed by atoms with E-state index in [-0.39, 0.29) is 24.4 Å². The fraction of sp³-hybridized carbons (Fsp3) is 0.355. The molecular formula is C31H34N2O4. The van der Waals surface area contributed by atoms with Gasteiger partial charge in [0.2, 0.25) is 0 Å². The molecule has 1 N–H and O–H groups in total. The van der Waals surface area contributed by atoms with Gasteiger partial charge in [0.15, 0.2) is 12.3 Å². The number of para-hydroxylation sites is 1. The van der Waals surface area contributed by atoms with E-state index in [1.165, 1.54) is 5.56 Å². The third kappa shape index (κ3) is 7.04. The molecule has 1 aliphatic heterocycles. The summed E-state index contributed by atoms with van der Waals surface area (Å²) in [6.45, 7) is 12.8. The molecule has 0 atom stereocenters. The molecule has 1 aliphatic rings. The lowest BCUT2D eigenvalue weighted by molar-refractivity contribution is -0.134. The smallest absolute Gasteiger partial charge is 0.260 e. The van der Waals surface area contributed by atoms with E-state index in [4.69, 9.17) is 16.0 Å². The maximum atomic E-state index is 12.9. The number of aryl methyl sites for hydroxylation is 1. The maximum Gasteiger partial charge on any atom is 0.260 e. The third-order valence-electron chi connectivity index (χ3n) is 6.72. The van der Waals surface area contributed by atoms with Crippen LogP contribution in [0.15, 0.2) is 66.7 Å². The second-order valence-corrected chi connectivity index (χ2v) is 9.77. The highest BCUT2D eigenvalue weighted by atomic mass is 16.5. The topological polar surface area (TPSA) is 63.4 Å². The molecule has 0 aliphatic carbocycles. The van der Waals surface area contributed by atoms with Gasteiger partial charge >= 0.3 is 0 Å². The standard InChI is InChI=1S/C31H34N2O4/c1-22(2)37-26-8-6-7-24(19-26)12-11-23-15-17-33(18-16-23)31(35)21-36-30-14-13-25(32-3)20-28(30)27-9-4-5-10-29(27)34/h4-10,13-14,19-20,22-23,34H,11-12,15-18,21H2,1-2H3. The summed E-state index contributed by atoms with van der Waals surface area (Å²) in [4.78, 5) is 18.3. The number of rotatable bonds is 9. The summed E-state index contributed by atoms with van der Waals surface area (Å²) >= 11 is 0. The normalized spacial score (nSPS) is 13.8. The molecule has 0 spiro atoms. The van der Waals surface area contributed by atoms with Gasteiger partial charge in [0, 0.05) is 24.2 Å². The second kappa shape index (κ2) is 12.3. The Bertz CT molecular complexity index is 1260. The summed E-state index contributed by atoms with van der Waals surface area (Å²) in [6, 6.07) is 20.3. The number of phenolic OH excluding ortho intramolecular Hbond substituents is 1. The zero-order valence-electron chi connectivity index (χ0n) is 21.5. The van der Waals surface area contributed by atoms with Gasteiger partial charge in [0.1, 0.15) is 17.2 Å². The Morgan fingerprint density at radius 2 is 1.84 bits per heavy atom. The van der Waals surface area contributed by atoms with Crippen LogP contribution in [0.4, 0.5) is 5.69 Å². The fourth-order valence-corrected chi connectivity index (χ4v) is 4.74. The summed E-state index contributed by atoms with van der Waals surface area (Å²) < 4.78 is 11.7. The summed E-state index contributed by atoms with van der Waals surface area (Å²) in [7, 11) is 0. The van der Waals surface area contributed by atoms with Gasteiger partial charge in [-0.3, -0.25) is 4.79 Å². The molecule has 0 unspecified atom stereocenters. The van der Waals surface area contributed by atoms with Gasteiger partial charge in [-0.2, -0.15) is 0 Å². The second-order valence-electron chi connectivity index (χ2n) is 9.77. The number of benzene rings is 3. The van der Waals surface area contributed by atoms with Gasteiger partial charge in [0.25, 0.3) is 5.91 Å². The van der Waals surface area contributed by atoms with Crippen molar-refractivity contribution in [2.45, 2.75) is 45.6 Å². The van der Waals surface area contributed by atoms with Crippen molar-refractivity contribution in [2.75, 3.05) is 19.7 Å². The first-order chi connectivity index (χ1) is 17.9. The van der Waals surface area contributed by atoms with Crippen LogP contribution in [-0.2, 0) is 11.2 Å². The molecule has 0 bridgehead atoms. The number of ether oxygens (including phenoxy) is 2. The molecule has 0 aromatic heterocycles. The van der Waals surface area contributed by atoms with Crippen molar-refractivity contribution in [2.24, 2.45) is 5.92 Å². The van der Waals surface area contributed by atoms with Crippen molar-refractivity contribution < 1.29 is 19.4 Å². The van der Waals surface area contributed by atoms with Crippen molar-refractivity contribution in [1.82, 2.24) is 4.90 Å². The van der Waals surface area contributed by atoms with Crippen LogP contribution < -0.4 is 9.47 Å². The van der Waals surface area contributed by atoms with E-state index in [1.807, 2.05) is 36.9 Å². The van der Waals surface area contributed by atoms with E-state index >= 15 is 0 Å². The molecule has 1 amide bonds. The Morgan fingerprint density at radius 3 is 2.57 bits per heavy atom. The molecule has 6 nitrogen and oxygen atoms in total. The van der Waals surface area contributed by atoms with Gasteiger partial charge in [-0.15, -0.1) is 0 Å². The van der Waals surface area contributed by atoms with Crippen LogP contribution in [0.2, 0.25) is 0 Å². The minimum Gasteiger partial charge on any atom is -0.507 e. The minimum absolute atomic E-state index is 0.0468. The fourth-order valence-electron chi connectivity index (χ4n) is 4.74. The molecular weight excluding hydrogens is 464 g/mol. The van der Waals surface area contributed by atoms with Gasteiger partial charge in [-0.25, -0.2) is 4.85 Å². The van der Waals surface area contributed by atoms with Crippen LogP contribution >= 0.6 is 0 Å². The Labute approximate surface area is 219 Å². The Hall–Kier alpha value is -3.98. The van der Waals surface area contributed by atoms with E-state index in [2.05, 4.69) is 17.0 Å². The Balaban J connectivity index is 1.29. The number of aromatic hydroxyl groups is 1. The number of phenols is 1. The zero-order valence-corrected chi connectivity index (χ0v) is 21.5. The summed E-state index contributed by atoms with van der Waals surface area (Å²) in [5.74, 6) is 2.04. The molecule has 1 fully saturated rings. The Kier molecular flexibility index (Phi) is 8.68. The van der Waals surface area contributed by atoms with Gasteiger partial charge in [-0.05, 0) is 81.3 Å². The number of piperidine rings is 1. The predicted octanol–water partition coefficient (Wildman–Crippen LogP) is 6.65. The summed E-state index contributed by atoms with van der Waals surface area (Å²) in [6.07, 6.45) is 4.23. The SMILES string of the molecule is [C-]#[N+]c1ccc(OCC(=O)N2CCC(CCc3cccc(OC(C)C)c3)CC2)c(-c2ccccc2O)c1. The number of carbonyl (C=O) groups excluding carboxylic acids is 1. The zero-order chi connectivity index (χ0) is 26.2. The van der Waals surface area contributed by atoms with E-state index in [1.54, 1.807) is 36.4 Å². The van der Waals surface area contributed by atoms with Gasteiger partial charge in [0.05, 0.1) is 12.7 Å². The summed E-state index contributed by atoms with van der Waals surface area (Å²) in [5.41, 5.74) is 2.89. The van der Waals surface area contributed by atoms with Crippen molar-refractivity contribution in [1.29, 1.82) is 0 Å². The number of hydrogen-bond donors (Lipinski definition) is 1. The molecule has 3 aromatic carbocycles. The van der Waals surface area contributed by atoms with E-state index in [0.717, 1.165) is 44.5 Å². The van der Waals surface area contributed by atoms with Crippen molar-refractivity contribution in [3.05, 3.63) is 83.7 Å². The summed E-state index contributed by atoms with van der Waals surface area (Å²) in [5, 5.41) is 10.3. The number of nitrogens with zero attached hydrogens (tertiary/aromatic N) is 2. The lowest BCUT2D eigenvalue weighted by Crippen LogP contribution is -2.41. The van der Waals surface area contributed by atoms with Crippen LogP contribution in [0.5, 0.6) is 17.2 Å². The lowest BCUT2D eigenvalue weighted by Gasteiger charge is -2.32. The quantitative estimate of drug-likeness (QED) is 0.336. The van der Waals surface area contributed by atoms with E-state index < -0.39 is 0 Å². The van der Waals surface area contributed by atoms with Crippen LogP contribution in [0.1, 0.15) is 38.7 Å². The number of likely N-dealkylation sites (tertiary alicyclic amines) is 1. The van der Waals surface area contributed by atoms with Crippen molar-refractivity contribution in [3.63, 3.8) is 0 Å². The molecule has 1 saturated heterocycles. The largest absolute Gasteiger partial charge is 0.507 e. The van der Waals surface area contributed by atoms with Crippen LogP contribution in [-0.4, -0.2) is 41.7 Å². The molecule has 3 aromatic rings. The monoisotopic (exact) mass is 498 g/mol. The highest BCUT2D eigenvalue weighted by Crippen LogP contribution is 2.38. The first kappa shape index (κ1) is 26.1. The first-order valence-electron chi connectivity index (χ1n) is 12.9. The third-order valence-corrected chi connectivity index (χ3v) is 6.72. The van der Waals surface area contributed by atoms with Crippen LogP contribution in [0.25, 0.3) is 16.0 Å². The lowest BCUT2D eigenvalue weighted by atomic mass is 9.90. The molecule has 0 radical (unpaired) electrons. The highest BCUT2D eigenvalue weighted by molar-refractivity contribution is 5.81. The molecule has 4 rings (SSSR count). The predicted molar refractivity (Wildman–Crippen MR) is 145 cm³/mol. The molecule has 192 valence electrons. The van der Waals surface area contributed by atoms with Gasteiger partial charge < -0.3 is 19.5 Å². The highest BCUT2D eigenvalue weighted by Gasteiger charge is 2.23. The first-order valence-corrected chi connectivity index (χ1v) is 12.9. The number of amides is 1. The van der Waals surface area contributed by atoms with Gasteiger partial charge in [-0.1, -0.05) is 36.4 Å². The number of carbonyl (C=O) groups is 1. The maximum absolute atomic E-state index is 12.9. The average molecular weight is 499 g/mol. The van der Waals surface area contributed by atoms with Crippen LogP contribution in [0.3, 0.4) is 0 Å². The molecule has 1 heterocycles. The average Bonchev–Trinajstić information content (AvgIpc) is 2.91.